The van der Waals surface area contributed by atoms with Crippen LogP contribution < -0.4 is 4.90 Å². The zero-order valence-corrected chi connectivity index (χ0v) is 22.3. The van der Waals surface area contributed by atoms with Crippen molar-refractivity contribution in [1.82, 2.24) is 0 Å². The van der Waals surface area contributed by atoms with Gasteiger partial charge in [-0.25, -0.2) is 0 Å². The van der Waals surface area contributed by atoms with Gasteiger partial charge in [-0.05, 0) is 57.9 Å². The Balaban J connectivity index is 1.56. The highest BCUT2D eigenvalue weighted by molar-refractivity contribution is 6.14. The van der Waals surface area contributed by atoms with Gasteiger partial charge in [-0.1, -0.05) is 113 Å². The van der Waals surface area contributed by atoms with Crippen molar-refractivity contribution in [3.05, 3.63) is 126 Å². The van der Waals surface area contributed by atoms with Gasteiger partial charge < -0.3 is 9.32 Å². The maximum Gasteiger partial charge on any atom is 0.159 e. The summed E-state index contributed by atoms with van der Waals surface area (Å²) in [5, 5.41) is 2.30. The Kier molecular flexibility index (Phi) is 4.87. The lowest BCUT2D eigenvalue weighted by Gasteiger charge is -2.48. The average Bonchev–Trinajstić information content (AvgIpc) is 3.33. The molecule has 0 bridgehead atoms. The first-order valence-electron chi connectivity index (χ1n) is 13.4. The predicted molar refractivity (Wildman–Crippen MR) is 160 cm³/mol. The monoisotopic (exact) mass is 493 g/mol. The van der Waals surface area contributed by atoms with E-state index in [-0.39, 0.29) is 10.8 Å². The average molecular weight is 494 g/mol. The van der Waals surface area contributed by atoms with E-state index >= 15 is 0 Å². The highest BCUT2D eigenvalue weighted by atomic mass is 16.3. The van der Waals surface area contributed by atoms with Crippen molar-refractivity contribution >= 4 is 39.0 Å². The summed E-state index contributed by atoms with van der Waals surface area (Å²) in [6.45, 7) is 9.48. The number of rotatable bonds is 3. The van der Waals surface area contributed by atoms with E-state index in [9.17, 15) is 0 Å². The fraction of sp³-hybridized carbons (Fsp3) is 0.167. The zero-order valence-electron chi connectivity index (χ0n) is 22.3. The Morgan fingerprint density at radius 3 is 1.76 bits per heavy atom. The van der Waals surface area contributed by atoms with Gasteiger partial charge in [0.05, 0.1) is 5.69 Å². The summed E-state index contributed by atoms with van der Waals surface area (Å²) >= 11 is 0. The molecule has 0 saturated heterocycles. The van der Waals surface area contributed by atoms with Crippen LogP contribution in [0.2, 0.25) is 0 Å². The van der Waals surface area contributed by atoms with Crippen LogP contribution in [-0.4, -0.2) is 0 Å². The maximum atomic E-state index is 6.98. The normalized spacial score (nSPS) is 15.3. The van der Waals surface area contributed by atoms with Gasteiger partial charge in [0.25, 0.3) is 0 Å². The van der Waals surface area contributed by atoms with Crippen molar-refractivity contribution in [2.75, 3.05) is 4.90 Å². The molecule has 0 aliphatic heterocycles. The molecule has 0 saturated carbocycles. The highest BCUT2D eigenvalue weighted by Gasteiger charge is 2.46. The molecule has 5 aromatic carbocycles. The first-order chi connectivity index (χ1) is 18.4. The second-order valence-corrected chi connectivity index (χ2v) is 11.4. The van der Waals surface area contributed by atoms with Crippen LogP contribution in [0.3, 0.4) is 0 Å². The van der Waals surface area contributed by atoms with E-state index < -0.39 is 0 Å². The molecule has 0 radical (unpaired) electrons. The smallest absolute Gasteiger partial charge is 0.159 e. The molecule has 1 aliphatic carbocycles. The van der Waals surface area contributed by atoms with Gasteiger partial charge in [-0.3, -0.25) is 0 Å². The topological polar surface area (TPSA) is 16.4 Å². The molecule has 0 N–H and O–H groups in total. The lowest BCUT2D eigenvalue weighted by molar-refractivity contribution is 0.299. The first kappa shape index (κ1) is 22.9. The minimum Gasteiger partial charge on any atom is -0.453 e. The van der Waals surface area contributed by atoms with E-state index in [1.807, 2.05) is 0 Å². The van der Waals surface area contributed by atoms with Crippen molar-refractivity contribution in [1.29, 1.82) is 0 Å². The molecule has 1 aromatic heterocycles. The summed E-state index contributed by atoms with van der Waals surface area (Å²) in [5.41, 5.74) is 10.3. The molecule has 0 amide bonds. The number of hydrogen-bond donors (Lipinski definition) is 0. The van der Waals surface area contributed by atoms with Crippen LogP contribution >= 0.6 is 0 Å². The van der Waals surface area contributed by atoms with Crippen LogP contribution in [0.4, 0.5) is 17.1 Å². The van der Waals surface area contributed by atoms with Crippen molar-refractivity contribution in [2.24, 2.45) is 0 Å². The largest absolute Gasteiger partial charge is 0.453 e. The third-order valence-corrected chi connectivity index (χ3v) is 9.02. The number of fused-ring (bicyclic) bond motifs is 7. The van der Waals surface area contributed by atoms with Crippen molar-refractivity contribution in [2.45, 2.75) is 38.5 Å². The Labute approximate surface area is 224 Å². The third kappa shape index (κ3) is 3.07. The summed E-state index contributed by atoms with van der Waals surface area (Å²) in [5.74, 6) is 0. The van der Waals surface area contributed by atoms with Crippen LogP contribution in [0.1, 0.15) is 38.8 Å². The first-order valence-corrected chi connectivity index (χ1v) is 13.4. The Bertz CT molecular complexity index is 1770. The minimum absolute atomic E-state index is 0.0150. The Morgan fingerprint density at radius 1 is 0.500 bits per heavy atom. The second-order valence-electron chi connectivity index (χ2n) is 11.4. The predicted octanol–water partition coefficient (Wildman–Crippen LogP) is 10.3. The van der Waals surface area contributed by atoms with Gasteiger partial charge in [0.15, 0.2) is 5.58 Å². The van der Waals surface area contributed by atoms with Gasteiger partial charge in [0.1, 0.15) is 5.58 Å². The molecule has 186 valence electrons. The summed E-state index contributed by atoms with van der Waals surface area (Å²) in [7, 11) is 0. The molecule has 2 nitrogen and oxygen atoms in total. The molecule has 0 unspecified atom stereocenters. The van der Waals surface area contributed by atoms with Crippen molar-refractivity contribution in [3.63, 3.8) is 0 Å². The fourth-order valence-corrected chi connectivity index (χ4v) is 6.31. The van der Waals surface area contributed by atoms with Gasteiger partial charge >= 0.3 is 0 Å². The molecule has 1 aliphatic rings. The summed E-state index contributed by atoms with van der Waals surface area (Å²) in [6.07, 6.45) is 0. The molecule has 1 heterocycles. The molecular formula is C36H31NO. The van der Waals surface area contributed by atoms with Gasteiger partial charge in [-0.2, -0.15) is 0 Å². The van der Waals surface area contributed by atoms with E-state index in [4.69, 9.17) is 4.42 Å². The second kappa shape index (κ2) is 8.10. The van der Waals surface area contributed by atoms with E-state index in [0.717, 1.165) is 39.0 Å². The van der Waals surface area contributed by atoms with Crippen LogP contribution in [0.5, 0.6) is 0 Å². The molecule has 6 aromatic rings. The van der Waals surface area contributed by atoms with E-state index in [1.54, 1.807) is 0 Å². The quantitative estimate of drug-likeness (QED) is 0.244. The van der Waals surface area contributed by atoms with Gasteiger partial charge in [0.2, 0.25) is 0 Å². The molecule has 0 atom stereocenters. The molecule has 2 heteroatoms. The number of furan rings is 1. The third-order valence-electron chi connectivity index (χ3n) is 9.02. The Hall–Kier alpha value is -4.30. The van der Waals surface area contributed by atoms with Crippen LogP contribution in [-0.2, 0) is 10.8 Å². The SMILES string of the molecule is CC1(C)c2ccccc2-c2c(ccc3c2oc2c(N(c4ccccc4)c4ccccc4)cccc23)C1(C)C. The van der Waals surface area contributed by atoms with E-state index in [1.165, 1.54) is 22.3 Å². The van der Waals surface area contributed by atoms with Crippen LogP contribution in [0, 0.1) is 0 Å². The number of benzene rings is 5. The van der Waals surface area contributed by atoms with Crippen molar-refractivity contribution in [3.8, 4) is 11.1 Å². The zero-order chi connectivity index (χ0) is 26.1. The lowest BCUT2D eigenvalue weighted by Crippen LogP contribution is -2.43. The summed E-state index contributed by atoms with van der Waals surface area (Å²) in [6, 6.07) is 41.0. The fourth-order valence-electron chi connectivity index (χ4n) is 6.31. The molecule has 38 heavy (non-hydrogen) atoms. The van der Waals surface area contributed by atoms with Gasteiger partial charge in [-0.15, -0.1) is 0 Å². The summed E-state index contributed by atoms with van der Waals surface area (Å²) < 4.78 is 6.98. The minimum atomic E-state index is -0.0627. The number of nitrogens with zero attached hydrogens (tertiary/aromatic N) is 1. The van der Waals surface area contributed by atoms with E-state index in [2.05, 4.69) is 148 Å². The van der Waals surface area contributed by atoms with Crippen molar-refractivity contribution < 1.29 is 4.42 Å². The Morgan fingerprint density at radius 2 is 1.08 bits per heavy atom. The number of para-hydroxylation sites is 3. The molecular weight excluding hydrogens is 462 g/mol. The highest BCUT2D eigenvalue weighted by Crippen LogP contribution is 2.56. The molecule has 0 spiro atoms. The maximum absolute atomic E-state index is 6.98. The number of hydrogen-bond acceptors (Lipinski definition) is 2. The lowest BCUT2D eigenvalue weighted by atomic mass is 9.55. The van der Waals surface area contributed by atoms with Crippen LogP contribution in [0.15, 0.2) is 120 Å². The summed E-state index contributed by atoms with van der Waals surface area (Å²) in [4.78, 5) is 2.29. The molecule has 7 rings (SSSR count). The molecule has 0 fully saturated rings. The van der Waals surface area contributed by atoms with Gasteiger partial charge in [0, 0.05) is 27.7 Å². The van der Waals surface area contributed by atoms with Crippen LogP contribution in [0.25, 0.3) is 33.1 Å². The van der Waals surface area contributed by atoms with E-state index in [0.29, 0.717) is 0 Å². The number of anilines is 3. The standard InChI is InChI=1S/C36H31NO/c1-35(2)29-20-12-11-18-28(29)32-30(36(35,3)4)23-22-27-26-19-13-21-31(33(26)38-34(27)32)37(24-14-7-5-8-15-24)25-16-9-6-10-17-25/h5-23H,1-4H3.